The van der Waals surface area contributed by atoms with Crippen molar-refractivity contribution < 1.29 is 41.4 Å². The summed E-state index contributed by atoms with van der Waals surface area (Å²) in [5.74, 6) is -2.22. The Morgan fingerprint density at radius 2 is 1.75 bits per heavy atom. The number of halogens is 5. The summed E-state index contributed by atoms with van der Waals surface area (Å²) in [6.07, 6.45) is -5.12. The number of nitrogens with zero attached hydrogens (tertiary/aromatic N) is 1. The molecule has 0 bridgehead atoms. The van der Waals surface area contributed by atoms with E-state index in [4.69, 9.17) is 21.1 Å². The first-order valence-electron chi connectivity index (χ1n) is 10.7. The maximum atomic E-state index is 16.7. The monoisotopic (exact) mass is 530 g/mol. The van der Waals surface area contributed by atoms with Gasteiger partial charge in [-0.2, -0.15) is 13.2 Å². The summed E-state index contributed by atoms with van der Waals surface area (Å²) >= 11 is 6.00. The van der Waals surface area contributed by atoms with E-state index >= 15 is 4.39 Å². The minimum absolute atomic E-state index is 0.0318. The SMILES string of the molecule is COc1ccc(Cl)cc1[C@]1(F)C(=O)N(C(=O)NCCC(=O)OC(C)(C)C)c2cc(C(F)(F)F)ccc21. The second kappa shape index (κ2) is 9.61. The number of methoxy groups -OCH3 is 1. The third kappa shape index (κ3) is 5.25. The standard InChI is InChI=1S/C24H23ClF4N2O5/c1-22(2,3)36-19(32)9-10-30-21(34)31-17-11-13(24(27,28)29)5-7-15(17)23(26,20(31)33)16-12-14(25)6-8-18(16)35-4/h5-8,11-12H,9-10H2,1-4H3,(H,30,34)/t23-/m0/s1. The van der Waals surface area contributed by atoms with Crippen LogP contribution in [0.2, 0.25) is 5.02 Å². The average molecular weight is 531 g/mol. The maximum Gasteiger partial charge on any atom is 0.416 e. The molecule has 3 rings (SSSR count). The Hall–Kier alpha value is -3.34. The highest BCUT2D eigenvalue weighted by Crippen LogP contribution is 2.51. The van der Waals surface area contributed by atoms with Gasteiger partial charge < -0.3 is 14.8 Å². The Kier molecular flexibility index (Phi) is 7.27. The van der Waals surface area contributed by atoms with Gasteiger partial charge in [0.15, 0.2) is 0 Å². The van der Waals surface area contributed by atoms with Crippen LogP contribution in [0.5, 0.6) is 5.75 Å². The number of alkyl halides is 4. The van der Waals surface area contributed by atoms with Gasteiger partial charge in [0, 0.05) is 22.7 Å². The molecule has 1 atom stereocenters. The summed E-state index contributed by atoms with van der Waals surface area (Å²) in [6, 6.07) is 4.47. The first-order chi connectivity index (χ1) is 16.6. The molecule has 2 aromatic rings. The van der Waals surface area contributed by atoms with Crippen LogP contribution in [0.3, 0.4) is 0 Å². The van der Waals surface area contributed by atoms with E-state index < -0.39 is 52.2 Å². The van der Waals surface area contributed by atoms with Gasteiger partial charge >= 0.3 is 18.2 Å². The van der Waals surface area contributed by atoms with Gasteiger partial charge in [0.25, 0.3) is 5.91 Å². The molecule has 2 aromatic carbocycles. The van der Waals surface area contributed by atoms with Crippen molar-refractivity contribution in [1.82, 2.24) is 5.32 Å². The number of fused-ring (bicyclic) bond motifs is 1. The Bertz CT molecular complexity index is 1210. The van der Waals surface area contributed by atoms with Gasteiger partial charge in [-0.25, -0.2) is 14.1 Å². The maximum absolute atomic E-state index is 16.7. The van der Waals surface area contributed by atoms with Crippen LogP contribution in [0.25, 0.3) is 0 Å². The molecule has 1 N–H and O–H groups in total. The van der Waals surface area contributed by atoms with Gasteiger partial charge in [-0.3, -0.25) is 9.59 Å². The first-order valence-corrected chi connectivity index (χ1v) is 11.1. The summed E-state index contributed by atoms with van der Waals surface area (Å²) < 4.78 is 67.2. The lowest BCUT2D eigenvalue weighted by atomic mass is 9.88. The predicted molar refractivity (Wildman–Crippen MR) is 123 cm³/mol. The molecule has 7 nitrogen and oxygen atoms in total. The number of carbonyl (C=O) groups excluding carboxylic acids is 3. The van der Waals surface area contributed by atoms with E-state index in [0.717, 1.165) is 12.1 Å². The molecule has 0 spiro atoms. The normalized spacial score (nSPS) is 17.6. The van der Waals surface area contributed by atoms with Gasteiger partial charge in [-0.05, 0) is 51.1 Å². The molecule has 1 aliphatic rings. The van der Waals surface area contributed by atoms with E-state index in [1.54, 1.807) is 20.8 Å². The second-order valence-electron chi connectivity index (χ2n) is 8.94. The number of carbonyl (C=O) groups is 3. The van der Waals surface area contributed by atoms with Crippen molar-refractivity contribution in [2.75, 3.05) is 18.6 Å². The third-order valence-electron chi connectivity index (χ3n) is 5.20. The molecule has 194 valence electrons. The fourth-order valence-electron chi connectivity index (χ4n) is 3.72. The van der Waals surface area contributed by atoms with Gasteiger partial charge in [0.2, 0.25) is 5.67 Å². The zero-order valence-corrected chi connectivity index (χ0v) is 20.5. The lowest BCUT2D eigenvalue weighted by Gasteiger charge is -2.23. The van der Waals surface area contributed by atoms with Crippen LogP contribution in [0.1, 0.15) is 43.9 Å². The van der Waals surface area contributed by atoms with Crippen LogP contribution >= 0.6 is 11.6 Å². The first kappa shape index (κ1) is 27.3. The van der Waals surface area contributed by atoms with Gasteiger partial charge in [-0.1, -0.05) is 17.7 Å². The van der Waals surface area contributed by atoms with E-state index in [1.807, 2.05) is 0 Å². The second-order valence-corrected chi connectivity index (χ2v) is 9.38. The third-order valence-corrected chi connectivity index (χ3v) is 5.43. The topological polar surface area (TPSA) is 84.9 Å². The van der Waals surface area contributed by atoms with E-state index in [0.29, 0.717) is 12.1 Å². The lowest BCUT2D eigenvalue weighted by molar-refractivity contribution is -0.154. The number of benzene rings is 2. The van der Waals surface area contributed by atoms with E-state index in [2.05, 4.69) is 5.32 Å². The van der Waals surface area contributed by atoms with Crippen molar-refractivity contribution >= 4 is 35.2 Å². The Morgan fingerprint density at radius 1 is 1.08 bits per heavy atom. The summed E-state index contributed by atoms with van der Waals surface area (Å²) in [4.78, 5) is 38.5. The van der Waals surface area contributed by atoms with Crippen molar-refractivity contribution in [3.63, 3.8) is 0 Å². The van der Waals surface area contributed by atoms with Crippen molar-refractivity contribution in [3.05, 3.63) is 58.1 Å². The van der Waals surface area contributed by atoms with Crippen molar-refractivity contribution in [2.45, 2.75) is 44.6 Å². The molecule has 0 radical (unpaired) electrons. The number of esters is 1. The molecule has 36 heavy (non-hydrogen) atoms. The average Bonchev–Trinajstić information content (AvgIpc) is 2.99. The fraction of sp³-hybridized carbons (Fsp3) is 0.375. The molecule has 0 saturated carbocycles. The largest absolute Gasteiger partial charge is 0.496 e. The van der Waals surface area contributed by atoms with Crippen LogP contribution in [-0.2, 0) is 26.2 Å². The van der Waals surface area contributed by atoms with Crippen LogP contribution < -0.4 is 15.0 Å². The number of hydrogen-bond acceptors (Lipinski definition) is 5. The van der Waals surface area contributed by atoms with Crippen LogP contribution in [0, 0.1) is 0 Å². The summed E-state index contributed by atoms with van der Waals surface area (Å²) in [7, 11) is 1.21. The molecule has 0 unspecified atom stereocenters. The fourth-order valence-corrected chi connectivity index (χ4v) is 3.89. The molecule has 0 aromatic heterocycles. The van der Waals surface area contributed by atoms with Crippen LogP contribution in [0.4, 0.5) is 28.0 Å². The number of imide groups is 1. The molecular formula is C24H23ClF4N2O5. The molecule has 12 heteroatoms. The molecule has 0 saturated heterocycles. The number of urea groups is 1. The van der Waals surface area contributed by atoms with E-state index in [1.165, 1.54) is 19.2 Å². The highest BCUT2D eigenvalue weighted by molar-refractivity contribution is 6.31. The van der Waals surface area contributed by atoms with E-state index in [-0.39, 0.29) is 34.2 Å². The van der Waals surface area contributed by atoms with Crippen molar-refractivity contribution in [2.24, 2.45) is 0 Å². The minimum Gasteiger partial charge on any atom is -0.496 e. The zero-order valence-electron chi connectivity index (χ0n) is 19.8. The lowest BCUT2D eigenvalue weighted by Crippen LogP contribution is -2.47. The Labute approximate surface area is 209 Å². The predicted octanol–water partition coefficient (Wildman–Crippen LogP) is 5.37. The molecule has 3 amide bonds. The number of hydrogen-bond donors (Lipinski definition) is 1. The number of anilines is 1. The summed E-state index contributed by atoms with van der Waals surface area (Å²) in [5.41, 5.74) is -6.53. The number of ether oxygens (including phenoxy) is 2. The molecule has 0 fully saturated rings. The highest BCUT2D eigenvalue weighted by atomic mass is 35.5. The van der Waals surface area contributed by atoms with Crippen molar-refractivity contribution in [3.8, 4) is 5.75 Å². The van der Waals surface area contributed by atoms with E-state index in [9.17, 15) is 27.6 Å². The van der Waals surface area contributed by atoms with Crippen LogP contribution in [0.15, 0.2) is 36.4 Å². The molecule has 0 aliphatic carbocycles. The Balaban J connectivity index is 2.03. The number of nitrogens with one attached hydrogen (secondary N) is 1. The highest BCUT2D eigenvalue weighted by Gasteiger charge is 2.57. The van der Waals surface area contributed by atoms with Gasteiger partial charge in [-0.15, -0.1) is 0 Å². The smallest absolute Gasteiger partial charge is 0.416 e. The minimum atomic E-state index is -4.83. The zero-order chi connectivity index (χ0) is 27.1. The Morgan fingerprint density at radius 3 is 2.33 bits per heavy atom. The molecule has 1 aliphatic heterocycles. The number of amides is 3. The van der Waals surface area contributed by atoms with Crippen molar-refractivity contribution in [1.29, 1.82) is 0 Å². The number of rotatable bonds is 5. The molecule has 1 heterocycles. The molecular weight excluding hydrogens is 508 g/mol. The quantitative estimate of drug-likeness (QED) is 0.415. The summed E-state index contributed by atoms with van der Waals surface area (Å²) in [5, 5.41) is 2.29. The van der Waals surface area contributed by atoms with Crippen LogP contribution in [-0.4, -0.2) is 37.2 Å². The summed E-state index contributed by atoms with van der Waals surface area (Å²) in [6.45, 7) is 4.62. The van der Waals surface area contributed by atoms with Gasteiger partial charge in [0.05, 0.1) is 24.8 Å². The van der Waals surface area contributed by atoms with Gasteiger partial charge in [0.1, 0.15) is 11.4 Å².